The summed E-state index contributed by atoms with van der Waals surface area (Å²) in [6.45, 7) is 0.0255. The van der Waals surface area contributed by atoms with Gasteiger partial charge in [-0.05, 0) is 13.0 Å². The Bertz CT molecular complexity index is 280. The van der Waals surface area contributed by atoms with Crippen LogP contribution in [0.5, 0.6) is 0 Å². The van der Waals surface area contributed by atoms with Gasteiger partial charge in [-0.2, -0.15) is 0 Å². The van der Waals surface area contributed by atoms with Crippen molar-refractivity contribution in [2.24, 2.45) is 5.73 Å². The Kier molecular flexibility index (Phi) is 6.04. The summed E-state index contributed by atoms with van der Waals surface area (Å²) in [6, 6.07) is -2.33. The van der Waals surface area contributed by atoms with E-state index in [4.69, 9.17) is 21.1 Å². The number of nitrogens with one attached hydrogen (secondary N) is 1. The van der Waals surface area contributed by atoms with E-state index in [1.165, 1.54) is 0 Å². The van der Waals surface area contributed by atoms with Crippen LogP contribution in [0, 0.1) is 0 Å². The van der Waals surface area contributed by atoms with Gasteiger partial charge in [0, 0.05) is 0 Å². The van der Waals surface area contributed by atoms with Crippen LogP contribution in [0.25, 0.3) is 0 Å². The number of hydrogen-bond acceptors (Lipinski definition) is 5. The van der Waals surface area contributed by atoms with Crippen molar-refractivity contribution < 1.29 is 29.7 Å². The van der Waals surface area contributed by atoms with E-state index in [9.17, 15) is 14.4 Å². The second-order valence-electron chi connectivity index (χ2n) is 3.18. The van der Waals surface area contributed by atoms with E-state index in [-0.39, 0.29) is 13.0 Å². The Balaban J connectivity index is 3.99. The standard InChI is InChI=1S/C8H14N2O6/c9-4(7(13)14)1-2-10-5(8(15)16)3-6(11)12/h4-5,10H,1-3,9H2,(H,11,12)(H,13,14)(H,15,16)/t4?,5-/m0/s1. The lowest BCUT2D eigenvalue weighted by Gasteiger charge is -2.13. The number of carbonyl (C=O) groups is 3. The van der Waals surface area contributed by atoms with E-state index in [0.717, 1.165) is 0 Å². The molecule has 0 fully saturated rings. The maximum Gasteiger partial charge on any atom is 0.321 e. The van der Waals surface area contributed by atoms with E-state index in [2.05, 4.69) is 5.32 Å². The van der Waals surface area contributed by atoms with Crippen LogP contribution >= 0.6 is 0 Å². The predicted octanol–water partition coefficient (Wildman–Crippen LogP) is -1.69. The van der Waals surface area contributed by atoms with Gasteiger partial charge in [0.1, 0.15) is 12.1 Å². The van der Waals surface area contributed by atoms with E-state index in [1.807, 2.05) is 0 Å². The van der Waals surface area contributed by atoms with Crippen LogP contribution in [-0.2, 0) is 14.4 Å². The molecule has 16 heavy (non-hydrogen) atoms. The summed E-state index contributed by atoms with van der Waals surface area (Å²) < 4.78 is 0. The summed E-state index contributed by atoms with van der Waals surface area (Å²) in [7, 11) is 0. The molecular formula is C8H14N2O6. The Labute approximate surface area is 91.1 Å². The highest BCUT2D eigenvalue weighted by Gasteiger charge is 2.20. The predicted molar refractivity (Wildman–Crippen MR) is 51.9 cm³/mol. The highest BCUT2D eigenvalue weighted by atomic mass is 16.4. The van der Waals surface area contributed by atoms with Gasteiger partial charge in [0.2, 0.25) is 0 Å². The zero-order valence-electron chi connectivity index (χ0n) is 8.42. The number of aliphatic carboxylic acids is 3. The molecule has 0 aliphatic rings. The first kappa shape index (κ1) is 14.3. The van der Waals surface area contributed by atoms with Crippen LogP contribution in [0.3, 0.4) is 0 Å². The molecule has 0 heterocycles. The third kappa shape index (κ3) is 5.94. The maximum absolute atomic E-state index is 10.6. The van der Waals surface area contributed by atoms with Gasteiger partial charge in [0.05, 0.1) is 6.42 Å². The first-order valence-electron chi connectivity index (χ1n) is 4.51. The normalized spacial score (nSPS) is 14.1. The summed E-state index contributed by atoms with van der Waals surface area (Å²) in [5.74, 6) is -3.74. The van der Waals surface area contributed by atoms with Crippen molar-refractivity contribution >= 4 is 17.9 Å². The van der Waals surface area contributed by atoms with Crippen LogP contribution in [0.4, 0.5) is 0 Å². The van der Waals surface area contributed by atoms with Gasteiger partial charge in [0.25, 0.3) is 0 Å². The lowest BCUT2D eigenvalue weighted by Crippen LogP contribution is -2.41. The largest absolute Gasteiger partial charge is 0.481 e. The lowest BCUT2D eigenvalue weighted by atomic mass is 10.2. The molecule has 0 aliphatic heterocycles. The summed E-state index contributed by atoms with van der Waals surface area (Å²) in [5, 5.41) is 27.9. The summed E-state index contributed by atoms with van der Waals surface area (Å²) in [6.07, 6.45) is -0.545. The maximum atomic E-state index is 10.6. The molecular weight excluding hydrogens is 220 g/mol. The summed E-state index contributed by atoms with van der Waals surface area (Å²) >= 11 is 0. The molecule has 1 unspecified atom stereocenters. The van der Waals surface area contributed by atoms with Crippen LogP contribution in [-0.4, -0.2) is 51.9 Å². The Hall–Kier alpha value is -1.67. The first-order chi connectivity index (χ1) is 7.34. The number of rotatable bonds is 8. The first-order valence-corrected chi connectivity index (χ1v) is 4.51. The molecule has 0 saturated carbocycles. The molecule has 0 bridgehead atoms. The molecule has 0 rings (SSSR count). The van der Waals surface area contributed by atoms with Crippen LogP contribution < -0.4 is 11.1 Å². The van der Waals surface area contributed by atoms with Gasteiger partial charge in [-0.25, -0.2) is 0 Å². The average molecular weight is 234 g/mol. The second kappa shape index (κ2) is 6.75. The fraction of sp³-hybridized carbons (Fsp3) is 0.625. The SMILES string of the molecule is NC(CCN[C@@H](CC(=O)O)C(=O)O)C(=O)O. The third-order valence-electron chi connectivity index (χ3n) is 1.84. The fourth-order valence-corrected chi connectivity index (χ4v) is 0.958. The molecule has 0 amide bonds. The van der Waals surface area contributed by atoms with Crippen molar-refractivity contribution in [2.45, 2.75) is 24.9 Å². The Morgan fingerprint density at radius 3 is 2.06 bits per heavy atom. The fourth-order valence-electron chi connectivity index (χ4n) is 0.958. The molecule has 92 valence electrons. The van der Waals surface area contributed by atoms with Gasteiger partial charge >= 0.3 is 17.9 Å². The summed E-state index contributed by atoms with van der Waals surface area (Å²) in [4.78, 5) is 31.2. The molecule has 0 aliphatic carbocycles. The zero-order chi connectivity index (χ0) is 12.7. The number of carboxylic acids is 3. The minimum atomic E-state index is -1.30. The second-order valence-corrected chi connectivity index (χ2v) is 3.18. The number of nitrogens with two attached hydrogens (primary N) is 1. The zero-order valence-corrected chi connectivity index (χ0v) is 8.42. The molecule has 2 atom stereocenters. The lowest BCUT2D eigenvalue weighted by molar-refractivity contribution is -0.146. The molecule has 8 nitrogen and oxygen atoms in total. The molecule has 0 saturated heterocycles. The average Bonchev–Trinajstić information content (AvgIpc) is 2.14. The van der Waals surface area contributed by atoms with Gasteiger partial charge in [-0.1, -0.05) is 0 Å². The molecule has 6 N–H and O–H groups in total. The summed E-state index contributed by atoms with van der Waals surface area (Å²) in [5.41, 5.74) is 5.18. The molecule has 0 spiro atoms. The number of hydrogen-bond donors (Lipinski definition) is 5. The topological polar surface area (TPSA) is 150 Å². The minimum absolute atomic E-state index is 0.0255. The van der Waals surface area contributed by atoms with Crippen molar-refractivity contribution in [3.8, 4) is 0 Å². The minimum Gasteiger partial charge on any atom is -0.481 e. The van der Waals surface area contributed by atoms with Crippen LogP contribution in [0.15, 0.2) is 0 Å². The van der Waals surface area contributed by atoms with Gasteiger partial charge < -0.3 is 26.4 Å². The van der Waals surface area contributed by atoms with Crippen molar-refractivity contribution in [1.29, 1.82) is 0 Å². The molecule has 8 heteroatoms. The van der Waals surface area contributed by atoms with Gasteiger partial charge in [-0.3, -0.25) is 14.4 Å². The molecule has 0 aromatic rings. The van der Waals surface area contributed by atoms with Crippen molar-refractivity contribution in [3.63, 3.8) is 0 Å². The molecule has 0 aromatic carbocycles. The van der Waals surface area contributed by atoms with Crippen LogP contribution in [0.1, 0.15) is 12.8 Å². The van der Waals surface area contributed by atoms with E-state index in [0.29, 0.717) is 0 Å². The van der Waals surface area contributed by atoms with Gasteiger partial charge in [-0.15, -0.1) is 0 Å². The highest BCUT2D eigenvalue weighted by Crippen LogP contribution is 1.94. The Morgan fingerprint density at radius 1 is 1.12 bits per heavy atom. The van der Waals surface area contributed by atoms with E-state index >= 15 is 0 Å². The monoisotopic (exact) mass is 234 g/mol. The molecule has 0 aromatic heterocycles. The third-order valence-corrected chi connectivity index (χ3v) is 1.84. The highest BCUT2D eigenvalue weighted by molar-refractivity contribution is 5.80. The molecule has 0 radical (unpaired) electrons. The smallest absolute Gasteiger partial charge is 0.321 e. The van der Waals surface area contributed by atoms with Crippen molar-refractivity contribution in [1.82, 2.24) is 5.32 Å². The van der Waals surface area contributed by atoms with E-state index in [1.54, 1.807) is 0 Å². The quantitative estimate of drug-likeness (QED) is 0.333. The van der Waals surface area contributed by atoms with Crippen LogP contribution in [0.2, 0.25) is 0 Å². The van der Waals surface area contributed by atoms with E-state index < -0.39 is 36.4 Å². The van der Waals surface area contributed by atoms with Crippen molar-refractivity contribution in [2.75, 3.05) is 6.54 Å². The Morgan fingerprint density at radius 2 is 1.69 bits per heavy atom. The number of carboxylic acid groups (broad SMARTS) is 3. The van der Waals surface area contributed by atoms with Gasteiger partial charge in [0.15, 0.2) is 0 Å². The van der Waals surface area contributed by atoms with Crippen molar-refractivity contribution in [3.05, 3.63) is 0 Å².